The Balaban J connectivity index is 1.81. The highest BCUT2D eigenvalue weighted by Gasteiger charge is 2.05. The number of nitrogens with zero attached hydrogens (tertiary/aromatic N) is 3. The summed E-state index contributed by atoms with van der Waals surface area (Å²) in [4.78, 5) is 4.27. The number of nitrogens with one attached hydrogen (secondary N) is 1. The van der Waals surface area contributed by atoms with Gasteiger partial charge in [0, 0.05) is 49.1 Å². The molecule has 0 spiro atoms. The van der Waals surface area contributed by atoms with Crippen molar-refractivity contribution in [1.29, 1.82) is 0 Å². The van der Waals surface area contributed by atoms with Gasteiger partial charge >= 0.3 is 0 Å². The number of rotatable bonds is 6. The van der Waals surface area contributed by atoms with Gasteiger partial charge in [-0.25, -0.2) is 4.98 Å². The van der Waals surface area contributed by atoms with Crippen LogP contribution in [0.2, 0.25) is 0 Å². The van der Waals surface area contributed by atoms with Crippen molar-refractivity contribution in [1.82, 2.24) is 19.4 Å². The lowest BCUT2D eigenvalue weighted by molar-refractivity contribution is 0.580. The second-order valence-corrected chi connectivity index (χ2v) is 5.31. The van der Waals surface area contributed by atoms with Gasteiger partial charge in [0.1, 0.15) is 5.82 Å². The lowest BCUT2D eigenvalue weighted by Gasteiger charge is -2.09. The third-order valence-electron chi connectivity index (χ3n) is 3.97. The van der Waals surface area contributed by atoms with Crippen molar-refractivity contribution in [3.05, 3.63) is 54.2 Å². The molecule has 0 aliphatic heterocycles. The molecule has 1 N–H and O–H groups in total. The van der Waals surface area contributed by atoms with Crippen LogP contribution in [0.3, 0.4) is 0 Å². The highest BCUT2D eigenvalue weighted by atomic mass is 15.1. The summed E-state index contributed by atoms with van der Waals surface area (Å²) < 4.78 is 4.51. The number of fused-ring (bicyclic) bond motifs is 1. The fourth-order valence-corrected chi connectivity index (χ4v) is 2.75. The molecule has 0 radical (unpaired) electrons. The first-order valence-electron chi connectivity index (χ1n) is 7.54. The molecule has 0 atom stereocenters. The van der Waals surface area contributed by atoms with Gasteiger partial charge in [-0.1, -0.05) is 19.1 Å². The fourth-order valence-electron chi connectivity index (χ4n) is 2.75. The van der Waals surface area contributed by atoms with Gasteiger partial charge in [0.2, 0.25) is 0 Å². The van der Waals surface area contributed by atoms with Gasteiger partial charge in [0.25, 0.3) is 0 Å². The monoisotopic (exact) mass is 282 g/mol. The summed E-state index contributed by atoms with van der Waals surface area (Å²) in [5.41, 5.74) is 2.68. The van der Waals surface area contributed by atoms with Crippen molar-refractivity contribution in [2.45, 2.75) is 33.5 Å². The molecule has 4 heteroatoms. The molecule has 21 heavy (non-hydrogen) atoms. The number of hydrogen-bond acceptors (Lipinski definition) is 2. The predicted octanol–water partition coefficient (Wildman–Crippen LogP) is 2.96. The Morgan fingerprint density at radius 3 is 2.71 bits per heavy atom. The molecule has 3 aromatic rings. The fraction of sp³-hybridized carbons (Fsp3) is 0.353. The van der Waals surface area contributed by atoms with Crippen molar-refractivity contribution >= 4 is 10.9 Å². The third-order valence-corrected chi connectivity index (χ3v) is 3.97. The normalized spacial score (nSPS) is 11.3. The van der Waals surface area contributed by atoms with Crippen LogP contribution >= 0.6 is 0 Å². The molecular formula is C17H22N4. The minimum Gasteiger partial charge on any atom is -0.346 e. The molecule has 0 saturated heterocycles. The first-order chi connectivity index (χ1) is 10.3. The standard InChI is InChI=1S/C17H22N4/c1-3-18-13-15-5-4-6-17-16(15)7-9-21(17)12-11-20-10-8-19-14(20)2/h4-10,18H,3,11-13H2,1-2H3. The molecular weight excluding hydrogens is 260 g/mol. The zero-order valence-electron chi connectivity index (χ0n) is 12.7. The van der Waals surface area contributed by atoms with E-state index in [0.29, 0.717) is 0 Å². The lowest BCUT2D eigenvalue weighted by atomic mass is 10.1. The Morgan fingerprint density at radius 2 is 1.95 bits per heavy atom. The highest BCUT2D eigenvalue weighted by Crippen LogP contribution is 2.20. The van der Waals surface area contributed by atoms with Crippen molar-refractivity contribution in [2.24, 2.45) is 0 Å². The number of aromatic nitrogens is 3. The minimum absolute atomic E-state index is 0.929. The average molecular weight is 282 g/mol. The van der Waals surface area contributed by atoms with Crippen LogP contribution in [-0.4, -0.2) is 20.7 Å². The van der Waals surface area contributed by atoms with Gasteiger partial charge < -0.3 is 14.5 Å². The van der Waals surface area contributed by atoms with E-state index < -0.39 is 0 Å². The van der Waals surface area contributed by atoms with Crippen molar-refractivity contribution in [3.63, 3.8) is 0 Å². The molecule has 0 unspecified atom stereocenters. The van der Waals surface area contributed by atoms with E-state index >= 15 is 0 Å². The summed E-state index contributed by atoms with van der Waals surface area (Å²) in [5.74, 6) is 1.07. The summed E-state index contributed by atoms with van der Waals surface area (Å²) in [5, 5.41) is 4.75. The third kappa shape index (κ3) is 2.85. The topological polar surface area (TPSA) is 34.8 Å². The van der Waals surface area contributed by atoms with Crippen LogP contribution in [-0.2, 0) is 19.6 Å². The molecule has 0 saturated carbocycles. The molecule has 0 fully saturated rings. The maximum atomic E-state index is 4.27. The second kappa shape index (κ2) is 6.14. The Hall–Kier alpha value is -2.07. The van der Waals surface area contributed by atoms with Crippen molar-refractivity contribution in [2.75, 3.05) is 6.54 Å². The number of aryl methyl sites for hydroxylation is 3. The quantitative estimate of drug-likeness (QED) is 0.754. The maximum absolute atomic E-state index is 4.27. The molecule has 1 aromatic carbocycles. The van der Waals surface area contributed by atoms with E-state index in [1.54, 1.807) is 0 Å². The van der Waals surface area contributed by atoms with Crippen LogP contribution in [0.4, 0.5) is 0 Å². The van der Waals surface area contributed by atoms with E-state index in [1.807, 2.05) is 19.3 Å². The minimum atomic E-state index is 0.929. The Kier molecular flexibility index (Phi) is 4.06. The molecule has 3 rings (SSSR count). The number of hydrogen-bond donors (Lipinski definition) is 1. The van der Waals surface area contributed by atoms with E-state index in [2.05, 4.69) is 56.8 Å². The van der Waals surface area contributed by atoms with Gasteiger partial charge in [-0.3, -0.25) is 0 Å². The van der Waals surface area contributed by atoms with E-state index in [4.69, 9.17) is 0 Å². The molecule has 110 valence electrons. The molecule has 0 aliphatic rings. The van der Waals surface area contributed by atoms with Gasteiger partial charge in [-0.2, -0.15) is 0 Å². The van der Waals surface area contributed by atoms with E-state index in [1.165, 1.54) is 16.5 Å². The molecule has 0 bridgehead atoms. The van der Waals surface area contributed by atoms with E-state index in [0.717, 1.165) is 32.0 Å². The largest absolute Gasteiger partial charge is 0.346 e. The summed E-state index contributed by atoms with van der Waals surface area (Å²) in [6.45, 7) is 8.02. The van der Waals surface area contributed by atoms with Crippen molar-refractivity contribution in [3.8, 4) is 0 Å². The Bertz CT molecular complexity index is 723. The SMILES string of the molecule is CCNCc1cccc2c1ccn2CCn1ccnc1C. The first-order valence-corrected chi connectivity index (χ1v) is 7.54. The molecule has 2 heterocycles. The van der Waals surface area contributed by atoms with Gasteiger partial charge in [0.15, 0.2) is 0 Å². The molecule has 4 nitrogen and oxygen atoms in total. The van der Waals surface area contributed by atoms with Gasteiger partial charge in [0.05, 0.1) is 0 Å². The molecule has 0 amide bonds. The zero-order chi connectivity index (χ0) is 14.7. The maximum Gasteiger partial charge on any atom is 0.105 e. The van der Waals surface area contributed by atoms with Crippen molar-refractivity contribution < 1.29 is 0 Å². The first kappa shape index (κ1) is 13.9. The van der Waals surface area contributed by atoms with Crippen LogP contribution in [0.5, 0.6) is 0 Å². The number of benzene rings is 1. The number of imidazole rings is 1. The van der Waals surface area contributed by atoms with Crippen LogP contribution < -0.4 is 5.32 Å². The van der Waals surface area contributed by atoms with E-state index in [9.17, 15) is 0 Å². The highest BCUT2D eigenvalue weighted by molar-refractivity contribution is 5.83. The smallest absolute Gasteiger partial charge is 0.105 e. The summed E-state index contributed by atoms with van der Waals surface area (Å²) in [6, 6.07) is 8.78. The molecule has 2 aromatic heterocycles. The Labute approximate surface area is 125 Å². The van der Waals surface area contributed by atoms with Crippen LogP contribution in [0.25, 0.3) is 10.9 Å². The summed E-state index contributed by atoms with van der Waals surface area (Å²) in [6.07, 6.45) is 6.08. The average Bonchev–Trinajstić information content (AvgIpc) is 3.09. The van der Waals surface area contributed by atoms with Crippen LogP contribution in [0.15, 0.2) is 42.9 Å². The van der Waals surface area contributed by atoms with Crippen LogP contribution in [0.1, 0.15) is 18.3 Å². The summed E-state index contributed by atoms with van der Waals surface area (Å²) >= 11 is 0. The second-order valence-electron chi connectivity index (χ2n) is 5.31. The lowest BCUT2D eigenvalue weighted by Crippen LogP contribution is -2.12. The molecule has 0 aliphatic carbocycles. The van der Waals surface area contributed by atoms with Gasteiger partial charge in [-0.15, -0.1) is 0 Å². The summed E-state index contributed by atoms with van der Waals surface area (Å²) in [7, 11) is 0. The van der Waals surface area contributed by atoms with Crippen LogP contribution in [0, 0.1) is 6.92 Å². The Morgan fingerprint density at radius 1 is 1.10 bits per heavy atom. The predicted molar refractivity (Wildman–Crippen MR) is 86.3 cm³/mol. The van der Waals surface area contributed by atoms with Gasteiger partial charge in [-0.05, 0) is 31.2 Å². The van der Waals surface area contributed by atoms with E-state index in [-0.39, 0.29) is 0 Å². The zero-order valence-corrected chi connectivity index (χ0v) is 12.7.